The van der Waals surface area contributed by atoms with Crippen molar-refractivity contribution in [2.24, 2.45) is 0 Å². The van der Waals surface area contributed by atoms with Crippen molar-refractivity contribution in [3.05, 3.63) is 23.3 Å². The predicted octanol–water partition coefficient (Wildman–Crippen LogP) is 1.85. The van der Waals surface area contributed by atoms with Crippen LogP contribution in [0.5, 0.6) is 11.5 Å². The zero-order valence-electron chi connectivity index (χ0n) is 10.2. The summed E-state index contributed by atoms with van der Waals surface area (Å²) in [5, 5.41) is 8.85. The SMILES string of the molecule is COc1cc2c(cc1OC)C(CC(=O)O)CC2=O. The Morgan fingerprint density at radius 3 is 2.50 bits per heavy atom. The van der Waals surface area contributed by atoms with Crippen LogP contribution in [-0.4, -0.2) is 31.1 Å². The number of aliphatic carboxylic acids is 1. The van der Waals surface area contributed by atoms with Gasteiger partial charge in [0.15, 0.2) is 17.3 Å². The summed E-state index contributed by atoms with van der Waals surface area (Å²) in [5.74, 6) is -0.223. The summed E-state index contributed by atoms with van der Waals surface area (Å²) < 4.78 is 10.3. The third-order valence-electron chi connectivity index (χ3n) is 3.15. The summed E-state index contributed by atoms with van der Waals surface area (Å²) in [4.78, 5) is 22.6. The summed E-state index contributed by atoms with van der Waals surface area (Å²) in [6.07, 6.45) is 0.187. The molecule has 0 saturated heterocycles. The normalized spacial score (nSPS) is 17.4. The van der Waals surface area contributed by atoms with Gasteiger partial charge in [0.1, 0.15) is 0 Å². The molecule has 0 bridgehead atoms. The van der Waals surface area contributed by atoms with Crippen LogP contribution in [-0.2, 0) is 4.79 Å². The Morgan fingerprint density at radius 2 is 1.94 bits per heavy atom. The van der Waals surface area contributed by atoms with Gasteiger partial charge in [-0.2, -0.15) is 0 Å². The first-order valence-corrected chi connectivity index (χ1v) is 5.57. The van der Waals surface area contributed by atoms with Crippen molar-refractivity contribution in [1.82, 2.24) is 0 Å². The molecule has 1 aromatic carbocycles. The third-order valence-corrected chi connectivity index (χ3v) is 3.15. The molecule has 1 unspecified atom stereocenters. The maximum atomic E-state index is 11.8. The molecule has 96 valence electrons. The monoisotopic (exact) mass is 250 g/mol. The molecule has 0 aliphatic heterocycles. The zero-order valence-corrected chi connectivity index (χ0v) is 10.2. The maximum Gasteiger partial charge on any atom is 0.303 e. The summed E-state index contributed by atoms with van der Waals surface area (Å²) in [6, 6.07) is 3.32. The Balaban J connectivity index is 2.46. The van der Waals surface area contributed by atoms with E-state index in [1.54, 1.807) is 12.1 Å². The number of Topliss-reactive ketones (excluding diaryl/α,β-unsaturated/α-hetero) is 1. The van der Waals surface area contributed by atoms with Gasteiger partial charge < -0.3 is 14.6 Å². The van der Waals surface area contributed by atoms with Gasteiger partial charge in [0, 0.05) is 17.9 Å². The first kappa shape index (κ1) is 12.4. The van der Waals surface area contributed by atoms with Gasteiger partial charge in [-0.15, -0.1) is 0 Å². The molecule has 1 aromatic rings. The second kappa shape index (κ2) is 4.68. The van der Waals surface area contributed by atoms with Gasteiger partial charge in [0.2, 0.25) is 0 Å². The highest BCUT2D eigenvalue weighted by Gasteiger charge is 2.32. The van der Waals surface area contributed by atoms with Crippen molar-refractivity contribution in [3.8, 4) is 11.5 Å². The quantitative estimate of drug-likeness (QED) is 0.882. The summed E-state index contributed by atoms with van der Waals surface area (Å²) in [7, 11) is 3.01. The second-order valence-corrected chi connectivity index (χ2v) is 4.22. The van der Waals surface area contributed by atoms with Gasteiger partial charge in [-0.25, -0.2) is 0 Å². The molecule has 0 fully saturated rings. The molecule has 5 heteroatoms. The van der Waals surface area contributed by atoms with E-state index in [0.717, 1.165) is 5.56 Å². The van der Waals surface area contributed by atoms with Crippen LogP contribution >= 0.6 is 0 Å². The number of carboxylic acid groups (broad SMARTS) is 1. The van der Waals surface area contributed by atoms with E-state index in [2.05, 4.69) is 0 Å². The third kappa shape index (κ3) is 2.03. The minimum atomic E-state index is -0.907. The molecule has 0 radical (unpaired) electrons. The number of carbonyl (C=O) groups is 2. The molecule has 1 atom stereocenters. The lowest BCUT2D eigenvalue weighted by atomic mass is 9.97. The van der Waals surface area contributed by atoms with Gasteiger partial charge >= 0.3 is 5.97 Å². The van der Waals surface area contributed by atoms with E-state index in [4.69, 9.17) is 14.6 Å². The van der Waals surface area contributed by atoms with Gasteiger partial charge in [-0.3, -0.25) is 9.59 Å². The van der Waals surface area contributed by atoms with E-state index in [1.165, 1.54) is 14.2 Å². The van der Waals surface area contributed by atoms with Crippen molar-refractivity contribution in [2.75, 3.05) is 14.2 Å². The Bertz CT molecular complexity index is 506. The molecule has 0 aromatic heterocycles. The smallest absolute Gasteiger partial charge is 0.303 e. The van der Waals surface area contributed by atoms with Crippen molar-refractivity contribution >= 4 is 11.8 Å². The van der Waals surface area contributed by atoms with Gasteiger partial charge in [-0.1, -0.05) is 0 Å². The summed E-state index contributed by atoms with van der Waals surface area (Å²) >= 11 is 0. The first-order valence-electron chi connectivity index (χ1n) is 5.57. The van der Waals surface area contributed by atoms with Gasteiger partial charge in [-0.05, 0) is 17.7 Å². The Labute approximate surface area is 104 Å². The van der Waals surface area contributed by atoms with Crippen LogP contribution < -0.4 is 9.47 Å². The minimum absolute atomic E-state index is 0.0443. The average Bonchev–Trinajstić information content (AvgIpc) is 2.63. The van der Waals surface area contributed by atoms with E-state index in [1.807, 2.05) is 0 Å². The van der Waals surface area contributed by atoms with Crippen molar-refractivity contribution in [2.45, 2.75) is 18.8 Å². The zero-order chi connectivity index (χ0) is 13.3. The molecule has 18 heavy (non-hydrogen) atoms. The van der Waals surface area contributed by atoms with E-state index in [-0.39, 0.29) is 24.5 Å². The summed E-state index contributed by atoms with van der Waals surface area (Å²) in [6.45, 7) is 0. The molecular weight excluding hydrogens is 236 g/mol. The van der Waals surface area contributed by atoms with Crippen LogP contribution in [0.2, 0.25) is 0 Å². The molecule has 1 aliphatic rings. The van der Waals surface area contributed by atoms with Crippen LogP contribution in [0.25, 0.3) is 0 Å². The van der Waals surface area contributed by atoms with Crippen LogP contribution in [0.3, 0.4) is 0 Å². The lowest BCUT2D eigenvalue weighted by Gasteiger charge is -2.12. The van der Waals surface area contributed by atoms with Crippen LogP contribution in [0.1, 0.15) is 34.7 Å². The number of carbonyl (C=O) groups excluding carboxylic acids is 1. The van der Waals surface area contributed by atoms with E-state index >= 15 is 0 Å². The van der Waals surface area contributed by atoms with Crippen LogP contribution in [0, 0.1) is 0 Å². The summed E-state index contributed by atoms with van der Waals surface area (Å²) in [5.41, 5.74) is 1.28. The number of hydrogen-bond donors (Lipinski definition) is 1. The highest BCUT2D eigenvalue weighted by atomic mass is 16.5. The molecule has 2 rings (SSSR count). The number of hydrogen-bond acceptors (Lipinski definition) is 4. The minimum Gasteiger partial charge on any atom is -0.493 e. The largest absolute Gasteiger partial charge is 0.493 e. The number of carboxylic acids is 1. The van der Waals surface area contributed by atoms with Crippen molar-refractivity contribution in [1.29, 1.82) is 0 Å². The molecular formula is C13H14O5. The Morgan fingerprint density at radius 1 is 1.33 bits per heavy atom. The number of rotatable bonds is 4. The fourth-order valence-corrected chi connectivity index (χ4v) is 2.31. The van der Waals surface area contributed by atoms with E-state index in [0.29, 0.717) is 17.1 Å². The second-order valence-electron chi connectivity index (χ2n) is 4.22. The predicted molar refractivity (Wildman–Crippen MR) is 63.5 cm³/mol. The molecule has 1 N–H and O–H groups in total. The number of fused-ring (bicyclic) bond motifs is 1. The fourth-order valence-electron chi connectivity index (χ4n) is 2.31. The van der Waals surface area contributed by atoms with E-state index in [9.17, 15) is 9.59 Å². The standard InChI is InChI=1S/C13H14O5/c1-17-11-5-8-7(4-13(15)16)3-10(14)9(8)6-12(11)18-2/h5-7H,3-4H2,1-2H3,(H,15,16). The Hall–Kier alpha value is -2.04. The molecule has 0 heterocycles. The number of methoxy groups -OCH3 is 2. The topological polar surface area (TPSA) is 72.8 Å². The van der Waals surface area contributed by atoms with Crippen molar-refractivity contribution in [3.63, 3.8) is 0 Å². The molecule has 5 nitrogen and oxygen atoms in total. The van der Waals surface area contributed by atoms with E-state index < -0.39 is 5.97 Å². The maximum absolute atomic E-state index is 11.8. The molecule has 0 saturated carbocycles. The Kier molecular flexibility index (Phi) is 3.23. The lowest BCUT2D eigenvalue weighted by molar-refractivity contribution is -0.137. The van der Waals surface area contributed by atoms with Crippen molar-refractivity contribution < 1.29 is 24.2 Å². The number of ether oxygens (including phenoxy) is 2. The highest BCUT2D eigenvalue weighted by Crippen LogP contribution is 2.41. The lowest BCUT2D eigenvalue weighted by Crippen LogP contribution is -2.03. The fraction of sp³-hybridized carbons (Fsp3) is 0.385. The number of ketones is 1. The van der Waals surface area contributed by atoms with Crippen LogP contribution in [0.15, 0.2) is 12.1 Å². The molecule has 1 aliphatic carbocycles. The van der Waals surface area contributed by atoms with Gasteiger partial charge in [0.25, 0.3) is 0 Å². The average molecular weight is 250 g/mol. The molecule has 0 spiro atoms. The highest BCUT2D eigenvalue weighted by molar-refractivity contribution is 6.02. The number of benzene rings is 1. The van der Waals surface area contributed by atoms with Crippen LogP contribution in [0.4, 0.5) is 0 Å². The van der Waals surface area contributed by atoms with Gasteiger partial charge in [0.05, 0.1) is 20.6 Å². The molecule has 0 amide bonds. The first-order chi connectivity index (χ1) is 8.56.